The third-order valence-corrected chi connectivity index (χ3v) is 4.42. The minimum absolute atomic E-state index is 0.0204. The van der Waals surface area contributed by atoms with Gasteiger partial charge in [0.25, 0.3) is 6.43 Å². The molecule has 0 unspecified atom stereocenters. The quantitative estimate of drug-likeness (QED) is 0.325. The lowest BCUT2D eigenvalue weighted by Crippen LogP contribution is -2.17. The Hall–Kier alpha value is -3.42. The van der Waals surface area contributed by atoms with Gasteiger partial charge in [-0.2, -0.15) is 0 Å². The van der Waals surface area contributed by atoms with E-state index < -0.39 is 24.4 Å². The van der Waals surface area contributed by atoms with Gasteiger partial charge in [-0.15, -0.1) is 13.2 Å². The number of benzene rings is 3. The standard InChI is InChI=1S/C24H18F6O2/c25-21-14-9-16(15-22(21)31-18-6-2-1-3-7-18)5-4-8-20(23(26)27)17-10-12-19(13-11-17)32-24(28,29)30/h1-3,6-15,23H,4-5H2/b20-8+. The van der Waals surface area contributed by atoms with Crippen molar-refractivity contribution in [2.75, 3.05) is 0 Å². The third-order valence-electron chi connectivity index (χ3n) is 4.42. The van der Waals surface area contributed by atoms with Crippen LogP contribution >= 0.6 is 0 Å². The minimum Gasteiger partial charge on any atom is -0.454 e. The SMILES string of the molecule is Fc1ccc(CC/C=C(\c2ccc(OC(F)(F)F)cc2)C(F)F)cc1Oc1ccccc1. The van der Waals surface area contributed by atoms with Crippen LogP contribution in [0.15, 0.2) is 78.9 Å². The fourth-order valence-electron chi connectivity index (χ4n) is 2.97. The molecule has 3 rings (SSSR count). The average Bonchev–Trinajstić information content (AvgIpc) is 2.74. The molecule has 0 heterocycles. The lowest BCUT2D eigenvalue weighted by atomic mass is 10.0. The smallest absolute Gasteiger partial charge is 0.454 e. The maximum atomic E-state index is 14.1. The van der Waals surface area contributed by atoms with Gasteiger partial charge in [0.2, 0.25) is 0 Å². The van der Waals surface area contributed by atoms with Crippen LogP contribution in [0.2, 0.25) is 0 Å². The van der Waals surface area contributed by atoms with Crippen molar-refractivity contribution in [3.63, 3.8) is 0 Å². The van der Waals surface area contributed by atoms with Crippen molar-refractivity contribution in [1.29, 1.82) is 0 Å². The van der Waals surface area contributed by atoms with Gasteiger partial charge in [-0.05, 0) is 60.4 Å². The molecular formula is C24H18F6O2. The van der Waals surface area contributed by atoms with Crippen molar-refractivity contribution in [1.82, 2.24) is 0 Å². The third kappa shape index (κ3) is 6.80. The van der Waals surface area contributed by atoms with Crippen molar-refractivity contribution < 1.29 is 35.8 Å². The molecule has 0 saturated carbocycles. The minimum atomic E-state index is -4.86. The first-order valence-electron chi connectivity index (χ1n) is 9.57. The Labute approximate surface area is 180 Å². The maximum absolute atomic E-state index is 14.1. The van der Waals surface area contributed by atoms with Crippen LogP contribution in [0.5, 0.6) is 17.2 Å². The zero-order chi connectivity index (χ0) is 23.1. The molecule has 0 aliphatic carbocycles. The van der Waals surface area contributed by atoms with Gasteiger partial charge < -0.3 is 9.47 Å². The largest absolute Gasteiger partial charge is 0.573 e. The second-order valence-electron chi connectivity index (χ2n) is 6.75. The van der Waals surface area contributed by atoms with E-state index in [1.807, 2.05) is 0 Å². The van der Waals surface area contributed by atoms with Crippen molar-refractivity contribution in [3.05, 3.63) is 95.8 Å². The molecule has 0 atom stereocenters. The summed E-state index contributed by atoms with van der Waals surface area (Å²) in [7, 11) is 0. The Bertz CT molecular complexity index is 1040. The van der Waals surface area contributed by atoms with Gasteiger partial charge >= 0.3 is 6.36 Å². The van der Waals surface area contributed by atoms with Crippen LogP contribution in [0.25, 0.3) is 5.57 Å². The van der Waals surface area contributed by atoms with Gasteiger partial charge in [0.1, 0.15) is 11.5 Å². The van der Waals surface area contributed by atoms with E-state index in [1.54, 1.807) is 30.3 Å². The molecule has 168 valence electrons. The number of para-hydroxylation sites is 1. The molecule has 0 aliphatic heterocycles. The molecule has 3 aromatic carbocycles. The van der Waals surface area contributed by atoms with Crippen molar-refractivity contribution >= 4 is 5.57 Å². The molecule has 0 aromatic heterocycles. The Morgan fingerprint density at radius 3 is 2.19 bits per heavy atom. The number of ether oxygens (including phenoxy) is 2. The van der Waals surface area contributed by atoms with Gasteiger partial charge in [-0.1, -0.05) is 42.5 Å². The second-order valence-corrected chi connectivity index (χ2v) is 6.75. The summed E-state index contributed by atoms with van der Waals surface area (Å²) in [5.41, 5.74) is 0.448. The highest BCUT2D eigenvalue weighted by Gasteiger charge is 2.31. The lowest BCUT2D eigenvalue weighted by Gasteiger charge is -2.11. The summed E-state index contributed by atoms with van der Waals surface area (Å²) in [6.07, 6.45) is -5.84. The topological polar surface area (TPSA) is 18.5 Å². The molecule has 0 saturated heterocycles. The normalized spacial score (nSPS) is 12.2. The van der Waals surface area contributed by atoms with Gasteiger partial charge in [0.05, 0.1) is 0 Å². The van der Waals surface area contributed by atoms with Crippen LogP contribution in [-0.4, -0.2) is 12.8 Å². The highest BCUT2D eigenvalue weighted by Crippen LogP contribution is 2.29. The van der Waals surface area contributed by atoms with E-state index >= 15 is 0 Å². The predicted octanol–water partition coefficient (Wildman–Crippen LogP) is 7.80. The molecule has 3 aromatic rings. The Balaban J connectivity index is 1.69. The summed E-state index contributed by atoms with van der Waals surface area (Å²) in [6.45, 7) is 0. The monoisotopic (exact) mass is 452 g/mol. The Morgan fingerprint density at radius 1 is 0.875 bits per heavy atom. The second kappa shape index (κ2) is 10.3. The van der Waals surface area contributed by atoms with Crippen LogP contribution < -0.4 is 9.47 Å². The molecular weight excluding hydrogens is 434 g/mol. The van der Waals surface area contributed by atoms with E-state index in [4.69, 9.17) is 4.74 Å². The molecule has 0 amide bonds. The van der Waals surface area contributed by atoms with Gasteiger partial charge in [-0.25, -0.2) is 13.2 Å². The van der Waals surface area contributed by atoms with E-state index in [1.165, 1.54) is 24.3 Å². The van der Waals surface area contributed by atoms with E-state index in [9.17, 15) is 26.3 Å². The summed E-state index contributed by atoms with van der Waals surface area (Å²) in [5, 5.41) is 0. The molecule has 32 heavy (non-hydrogen) atoms. The van der Waals surface area contributed by atoms with Gasteiger partial charge in [0.15, 0.2) is 11.6 Å². The molecule has 0 N–H and O–H groups in total. The zero-order valence-corrected chi connectivity index (χ0v) is 16.6. The first kappa shape index (κ1) is 23.2. The van der Waals surface area contributed by atoms with E-state index in [-0.39, 0.29) is 23.3 Å². The Kier molecular flexibility index (Phi) is 7.45. The first-order valence-corrected chi connectivity index (χ1v) is 9.57. The summed E-state index contributed by atoms with van der Waals surface area (Å²) in [4.78, 5) is 0. The molecule has 0 fully saturated rings. The number of alkyl halides is 5. The molecule has 0 spiro atoms. The van der Waals surface area contributed by atoms with Gasteiger partial charge in [-0.3, -0.25) is 0 Å². The van der Waals surface area contributed by atoms with Crippen molar-refractivity contribution in [3.8, 4) is 17.2 Å². The number of rotatable bonds is 8. The summed E-state index contributed by atoms with van der Waals surface area (Å²) >= 11 is 0. The summed E-state index contributed by atoms with van der Waals surface area (Å²) in [5.74, 6) is -0.567. The highest BCUT2D eigenvalue weighted by atomic mass is 19.4. The number of aryl methyl sites for hydroxylation is 1. The molecule has 2 nitrogen and oxygen atoms in total. The highest BCUT2D eigenvalue weighted by molar-refractivity contribution is 5.68. The van der Waals surface area contributed by atoms with Crippen LogP contribution in [0, 0.1) is 5.82 Å². The van der Waals surface area contributed by atoms with Crippen LogP contribution in [0.1, 0.15) is 17.5 Å². The van der Waals surface area contributed by atoms with Crippen LogP contribution in [0.3, 0.4) is 0 Å². The molecule has 0 bridgehead atoms. The number of hydrogen-bond acceptors (Lipinski definition) is 2. The summed E-state index contributed by atoms with van der Waals surface area (Å²) < 4.78 is 87.1. The van der Waals surface area contributed by atoms with E-state index in [2.05, 4.69) is 4.74 Å². The van der Waals surface area contributed by atoms with Gasteiger partial charge in [0, 0.05) is 5.57 Å². The zero-order valence-electron chi connectivity index (χ0n) is 16.6. The fraction of sp³-hybridized carbons (Fsp3) is 0.167. The summed E-state index contributed by atoms with van der Waals surface area (Å²) in [6, 6.07) is 17.2. The van der Waals surface area contributed by atoms with Crippen LogP contribution in [-0.2, 0) is 6.42 Å². The maximum Gasteiger partial charge on any atom is 0.573 e. The molecule has 8 heteroatoms. The van der Waals surface area contributed by atoms with Crippen molar-refractivity contribution in [2.24, 2.45) is 0 Å². The van der Waals surface area contributed by atoms with E-state index in [0.29, 0.717) is 17.7 Å². The Morgan fingerprint density at radius 2 is 1.56 bits per heavy atom. The lowest BCUT2D eigenvalue weighted by molar-refractivity contribution is -0.274. The molecule has 0 radical (unpaired) electrons. The fourth-order valence-corrected chi connectivity index (χ4v) is 2.97. The average molecular weight is 452 g/mol. The predicted molar refractivity (Wildman–Crippen MR) is 108 cm³/mol. The van der Waals surface area contributed by atoms with E-state index in [0.717, 1.165) is 24.3 Å². The number of halogens is 6. The first-order chi connectivity index (χ1) is 15.2. The van der Waals surface area contributed by atoms with Crippen molar-refractivity contribution in [2.45, 2.75) is 25.6 Å². The number of hydrogen-bond donors (Lipinski definition) is 0. The molecule has 0 aliphatic rings. The number of allylic oxidation sites excluding steroid dienone is 2. The van der Waals surface area contributed by atoms with Crippen LogP contribution in [0.4, 0.5) is 26.3 Å².